The molecule has 170 valence electrons. The Bertz CT molecular complexity index is 1110. The van der Waals surface area contributed by atoms with Gasteiger partial charge in [0.05, 0.1) is 18.2 Å². The van der Waals surface area contributed by atoms with E-state index in [0.29, 0.717) is 17.9 Å². The summed E-state index contributed by atoms with van der Waals surface area (Å²) >= 11 is 0. The second-order valence-electron chi connectivity index (χ2n) is 7.83. The molecule has 0 saturated carbocycles. The topological polar surface area (TPSA) is 79.8 Å². The Morgan fingerprint density at radius 2 is 1.64 bits per heavy atom. The molecule has 0 heterocycles. The Kier molecular flexibility index (Phi) is 8.47. The monoisotopic (exact) mass is 444 g/mol. The molecule has 1 atom stereocenters. The van der Waals surface area contributed by atoms with Crippen molar-refractivity contribution in [2.24, 2.45) is 9.98 Å². The van der Waals surface area contributed by atoms with Crippen LogP contribution >= 0.6 is 0 Å². The summed E-state index contributed by atoms with van der Waals surface area (Å²) in [5.74, 6) is -0.114. The summed E-state index contributed by atoms with van der Waals surface area (Å²) < 4.78 is 13.2. The van der Waals surface area contributed by atoms with Crippen LogP contribution in [0.1, 0.15) is 36.1 Å². The predicted octanol–water partition coefficient (Wildman–Crippen LogP) is 4.93. The maximum Gasteiger partial charge on any atom is 0.229 e. The summed E-state index contributed by atoms with van der Waals surface area (Å²) in [6, 6.07) is 23.5. The van der Waals surface area contributed by atoms with E-state index in [2.05, 4.69) is 22.4 Å². The van der Waals surface area contributed by atoms with Crippen molar-refractivity contribution in [1.82, 2.24) is 5.32 Å². The average Bonchev–Trinajstić information content (AvgIpc) is 2.82. The molecule has 0 bridgehead atoms. The van der Waals surface area contributed by atoms with E-state index >= 15 is 0 Å². The number of benzene rings is 3. The molecule has 6 heteroatoms. The van der Waals surface area contributed by atoms with E-state index in [4.69, 9.17) is 10.7 Å². The van der Waals surface area contributed by atoms with Crippen LogP contribution in [0.15, 0.2) is 88.8 Å². The van der Waals surface area contributed by atoms with Gasteiger partial charge in [-0.2, -0.15) is 0 Å². The molecule has 0 aliphatic rings. The minimum Gasteiger partial charge on any atom is -0.399 e. The van der Waals surface area contributed by atoms with Gasteiger partial charge >= 0.3 is 0 Å². The summed E-state index contributed by atoms with van der Waals surface area (Å²) in [4.78, 5) is 21.9. The molecule has 3 aromatic carbocycles. The molecule has 3 rings (SSSR count). The average molecular weight is 445 g/mol. The van der Waals surface area contributed by atoms with Crippen LogP contribution in [-0.2, 0) is 17.6 Å². The SMILES string of the molecule is CN=C(NC(=O)Cc1ccc(F)cc1)C(CCc1ccccc1)=NC(C)c1ccc(N)cc1. The number of nitrogens with one attached hydrogen (secondary N) is 1. The standard InChI is InChI=1S/C27H29FN4O/c1-19(22-11-15-24(29)16-12-22)31-25(17-10-20-6-4-3-5-7-20)27(30-2)32-26(33)18-21-8-13-23(28)14-9-21/h3-9,11-16,19H,10,17-18,29H2,1-2H3,(H,30,32,33). The number of halogens is 1. The second-order valence-corrected chi connectivity index (χ2v) is 7.83. The van der Waals surface area contributed by atoms with Crippen LogP contribution in [0.3, 0.4) is 0 Å². The van der Waals surface area contributed by atoms with Crippen LogP contribution in [0.25, 0.3) is 0 Å². The lowest BCUT2D eigenvalue weighted by Crippen LogP contribution is -2.37. The largest absolute Gasteiger partial charge is 0.399 e. The maximum atomic E-state index is 13.2. The molecule has 3 N–H and O–H groups in total. The number of nitrogens with zero attached hydrogens (tertiary/aromatic N) is 2. The van der Waals surface area contributed by atoms with E-state index in [0.717, 1.165) is 23.3 Å². The Morgan fingerprint density at radius 1 is 0.970 bits per heavy atom. The van der Waals surface area contributed by atoms with Crippen molar-refractivity contribution in [1.29, 1.82) is 0 Å². The molecular formula is C27H29FN4O. The zero-order chi connectivity index (χ0) is 23.6. The first kappa shape index (κ1) is 23.9. The molecule has 3 aromatic rings. The molecule has 1 amide bonds. The van der Waals surface area contributed by atoms with Gasteiger partial charge in [-0.05, 0) is 60.7 Å². The third-order valence-corrected chi connectivity index (χ3v) is 5.29. The highest BCUT2D eigenvalue weighted by Crippen LogP contribution is 2.19. The minimum absolute atomic E-state index is 0.124. The van der Waals surface area contributed by atoms with Crippen molar-refractivity contribution in [3.05, 3.63) is 101 Å². The van der Waals surface area contributed by atoms with Gasteiger partial charge in [0.1, 0.15) is 11.7 Å². The first-order chi connectivity index (χ1) is 15.9. The molecule has 0 radical (unpaired) electrons. The molecule has 0 aliphatic heterocycles. The number of nitrogens with two attached hydrogens (primary N) is 1. The Labute approximate surface area is 194 Å². The Hall–Kier alpha value is -3.80. The first-order valence-corrected chi connectivity index (χ1v) is 10.9. The summed E-state index contributed by atoms with van der Waals surface area (Å²) in [6.07, 6.45) is 1.51. The van der Waals surface area contributed by atoms with Crippen molar-refractivity contribution >= 4 is 23.1 Å². The van der Waals surface area contributed by atoms with E-state index < -0.39 is 0 Å². The maximum absolute atomic E-state index is 13.2. The summed E-state index contributed by atoms with van der Waals surface area (Å²) in [7, 11) is 1.64. The third-order valence-electron chi connectivity index (χ3n) is 5.29. The van der Waals surface area contributed by atoms with Gasteiger partial charge < -0.3 is 11.1 Å². The van der Waals surface area contributed by atoms with E-state index in [1.54, 1.807) is 19.2 Å². The highest BCUT2D eigenvalue weighted by atomic mass is 19.1. The van der Waals surface area contributed by atoms with Gasteiger partial charge in [-0.3, -0.25) is 14.8 Å². The zero-order valence-electron chi connectivity index (χ0n) is 19.0. The lowest BCUT2D eigenvalue weighted by molar-refractivity contribution is -0.119. The van der Waals surface area contributed by atoms with Gasteiger partial charge in [0.2, 0.25) is 5.91 Å². The molecule has 0 saturated heterocycles. The molecule has 0 aromatic heterocycles. The van der Waals surface area contributed by atoms with E-state index in [-0.39, 0.29) is 24.2 Å². The highest BCUT2D eigenvalue weighted by molar-refractivity contribution is 6.43. The number of carbonyl (C=O) groups excluding carboxylic acids is 1. The number of nitrogen functional groups attached to an aromatic ring is 1. The quantitative estimate of drug-likeness (QED) is 0.293. The lowest BCUT2D eigenvalue weighted by Gasteiger charge is -2.15. The Morgan fingerprint density at radius 3 is 2.27 bits per heavy atom. The molecule has 1 unspecified atom stereocenters. The van der Waals surface area contributed by atoms with Gasteiger partial charge in [-0.25, -0.2) is 4.39 Å². The van der Waals surface area contributed by atoms with Crippen molar-refractivity contribution in [2.45, 2.75) is 32.2 Å². The predicted molar refractivity (Wildman–Crippen MR) is 133 cm³/mol. The molecule has 0 aliphatic carbocycles. The fourth-order valence-electron chi connectivity index (χ4n) is 3.46. The summed E-state index contributed by atoms with van der Waals surface area (Å²) in [5.41, 5.74) is 10.2. The van der Waals surface area contributed by atoms with E-state index in [1.165, 1.54) is 17.7 Å². The van der Waals surface area contributed by atoms with E-state index in [1.807, 2.05) is 49.4 Å². The number of aliphatic imine (C=N–C) groups is 2. The van der Waals surface area contributed by atoms with Gasteiger partial charge in [0.15, 0.2) is 0 Å². The fourth-order valence-corrected chi connectivity index (χ4v) is 3.46. The summed E-state index contributed by atoms with van der Waals surface area (Å²) in [6.45, 7) is 2.00. The van der Waals surface area contributed by atoms with Crippen LogP contribution in [0.4, 0.5) is 10.1 Å². The lowest BCUT2D eigenvalue weighted by atomic mass is 10.0. The van der Waals surface area contributed by atoms with E-state index in [9.17, 15) is 9.18 Å². The van der Waals surface area contributed by atoms with Crippen LogP contribution in [-0.4, -0.2) is 24.5 Å². The number of anilines is 1. The molecule has 0 spiro atoms. The van der Waals surface area contributed by atoms with Crippen molar-refractivity contribution in [2.75, 3.05) is 12.8 Å². The van der Waals surface area contributed by atoms with Gasteiger partial charge in [0, 0.05) is 12.7 Å². The fraction of sp³-hybridized carbons (Fsp3) is 0.222. The first-order valence-electron chi connectivity index (χ1n) is 10.9. The second kappa shape index (κ2) is 11.7. The number of amidine groups is 1. The van der Waals surface area contributed by atoms with Gasteiger partial charge in [0.25, 0.3) is 0 Å². The number of hydrogen-bond acceptors (Lipinski definition) is 4. The number of amides is 1. The highest BCUT2D eigenvalue weighted by Gasteiger charge is 2.15. The Balaban J connectivity index is 1.79. The minimum atomic E-state index is -0.332. The molecule has 0 fully saturated rings. The summed E-state index contributed by atoms with van der Waals surface area (Å²) in [5, 5.41) is 2.90. The molecule has 33 heavy (non-hydrogen) atoms. The zero-order valence-corrected chi connectivity index (χ0v) is 19.0. The van der Waals surface area contributed by atoms with Crippen LogP contribution in [0.5, 0.6) is 0 Å². The number of carbonyl (C=O) groups is 1. The number of rotatable bonds is 8. The number of aryl methyl sites for hydroxylation is 1. The van der Waals surface area contributed by atoms with Crippen LogP contribution < -0.4 is 11.1 Å². The van der Waals surface area contributed by atoms with Crippen molar-refractivity contribution in [3.63, 3.8) is 0 Å². The van der Waals surface area contributed by atoms with Crippen molar-refractivity contribution < 1.29 is 9.18 Å². The third kappa shape index (κ3) is 7.38. The molecular weight excluding hydrogens is 415 g/mol. The normalized spacial score (nSPS) is 12.9. The smallest absolute Gasteiger partial charge is 0.229 e. The van der Waals surface area contributed by atoms with Gasteiger partial charge in [-0.1, -0.05) is 54.6 Å². The number of hydrogen-bond donors (Lipinski definition) is 2. The van der Waals surface area contributed by atoms with Crippen LogP contribution in [0, 0.1) is 5.82 Å². The molecule has 5 nitrogen and oxygen atoms in total. The van der Waals surface area contributed by atoms with Gasteiger partial charge in [-0.15, -0.1) is 0 Å². The van der Waals surface area contributed by atoms with Crippen molar-refractivity contribution in [3.8, 4) is 0 Å². The van der Waals surface area contributed by atoms with Crippen LogP contribution in [0.2, 0.25) is 0 Å².